The Kier molecular flexibility index (Phi) is 6.89. The molecule has 1 aromatic rings. The molecule has 0 aliphatic carbocycles. The molecule has 0 amide bonds. The number of rotatable bonds is 6. The summed E-state index contributed by atoms with van der Waals surface area (Å²) in [7, 11) is 1.83. The molecule has 0 unspecified atom stereocenters. The molecule has 2 N–H and O–H groups in total. The van der Waals surface area contributed by atoms with E-state index in [1.54, 1.807) is 0 Å². The van der Waals surface area contributed by atoms with Crippen molar-refractivity contribution in [3.8, 4) is 11.5 Å². The van der Waals surface area contributed by atoms with Gasteiger partial charge in [-0.25, -0.2) is 0 Å². The molecule has 3 aliphatic heterocycles. The molecule has 1 aromatic carbocycles. The molecule has 0 bridgehead atoms. The van der Waals surface area contributed by atoms with E-state index in [1.165, 1.54) is 5.56 Å². The van der Waals surface area contributed by atoms with E-state index >= 15 is 0 Å². The number of fused-ring (bicyclic) bond motifs is 1. The lowest BCUT2D eigenvalue weighted by atomic mass is 9.74. The van der Waals surface area contributed by atoms with Gasteiger partial charge in [-0.1, -0.05) is 6.07 Å². The van der Waals surface area contributed by atoms with Crippen LogP contribution in [0.4, 0.5) is 0 Å². The summed E-state index contributed by atoms with van der Waals surface area (Å²) in [5, 5.41) is 7.13. The van der Waals surface area contributed by atoms with E-state index in [0.29, 0.717) is 6.79 Å². The van der Waals surface area contributed by atoms with Crippen LogP contribution in [0.25, 0.3) is 0 Å². The predicted octanol–water partition coefficient (Wildman–Crippen LogP) is 1.74. The lowest BCUT2D eigenvalue weighted by Crippen LogP contribution is -2.57. The van der Waals surface area contributed by atoms with Gasteiger partial charge in [-0.05, 0) is 44.4 Å². The summed E-state index contributed by atoms with van der Waals surface area (Å²) in [5.41, 5.74) is 1.25. The van der Waals surface area contributed by atoms with Crippen LogP contribution in [0.2, 0.25) is 0 Å². The van der Waals surface area contributed by atoms with Crippen LogP contribution in [0.1, 0.15) is 32.3 Å². The average Bonchev–Trinajstić information content (AvgIpc) is 3.28. The van der Waals surface area contributed by atoms with Gasteiger partial charge < -0.3 is 29.6 Å². The van der Waals surface area contributed by atoms with E-state index in [9.17, 15) is 0 Å². The Balaban J connectivity index is 1.40. The summed E-state index contributed by atoms with van der Waals surface area (Å²) in [5.74, 6) is 2.48. The minimum absolute atomic E-state index is 0.0229. The van der Waals surface area contributed by atoms with Gasteiger partial charge in [0.1, 0.15) is 0 Å². The van der Waals surface area contributed by atoms with Gasteiger partial charge in [0.05, 0.1) is 13.2 Å². The molecule has 8 nitrogen and oxygen atoms in total. The van der Waals surface area contributed by atoms with Gasteiger partial charge >= 0.3 is 0 Å². The van der Waals surface area contributed by atoms with Crippen molar-refractivity contribution < 1.29 is 18.9 Å². The molecule has 3 aliphatic rings. The molecule has 0 aromatic heterocycles. The summed E-state index contributed by atoms with van der Waals surface area (Å²) in [4.78, 5) is 6.95. The molecule has 0 spiro atoms. The van der Waals surface area contributed by atoms with Crippen molar-refractivity contribution in [2.75, 3.05) is 66.4 Å². The lowest BCUT2D eigenvalue weighted by Gasteiger charge is -2.41. The van der Waals surface area contributed by atoms with Crippen LogP contribution < -0.4 is 20.1 Å². The minimum Gasteiger partial charge on any atom is -0.454 e. The molecule has 8 heteroatoms. The maximum Gasteiger partial charge on any atom is 0.231 e. The largest absolute Gasteiger partial charge is 0.454 e. The van der Waals surface area contributed by atoms with Gasteiger partial charge in [0, 0.05) is 57.4 Å². The number of nitrogens with zero attached hydrogens (tertiary/aromatic N) is 2. The van der Waals surface area contributed by atoms with E-state index in [1.807, 2.05) is 13.1 Å². The highest BCUT2D eigenvalue weighted by Crippen LogP contribution is 2.40. The van der Waals surface area contributed by atoms with E-state index in [-0.39, 0.29) is 11.0 Å². The molecule has 4 rings (SSSR count). The first-order valence-electron chi connectivity index (χ1n) is 11.3. The summed E-state index contributed by atoms with van der Waals surface area (Å²) in [6.45, 7) is 11.5. The van der Waals surface area contributed by atoms with Crippen molar-refractivity contribution >= 4 is 5.96 Å². The zero-order valence-corrected chi connectivity index (χ0v) is 19.0. The first-order chi connectivity index (χ1) is 15.0. The lowest BCUT2D eigenvalue weighted by molar-refractivity contribution is -0.00835. The highest BCUT2D eigenvalue weighted by Gasteiger charge is 2.36. The van der Waals surface area contributed by atoms with E-state index in [0.717, 1.165) is 82.9 Å². The Hall–Kier alpha value is -2.03. The molecule has 31 heavy (non-hydrogen) atoms. The van der Waals surface area contributed by atoms with Gasteiger partial charge in [-0.3, -0.25) is 9.89 Å². The molecule has 2 saturated heterocycles. The summed E-state index contributed by atoms with van der Waals surface area (Å²) in [6.07, 6.45) is 1.91. The smallest absolute Gasteiger partial charge is 0.231 e. The van der Waals surface area contributed by atoms with Crippen LogP contribution in [0.5, 0.6) is 11.5 Å². The van der Waals surface area contributed by atoms with Gasteiger partial charge in [0.2, 0.25) is 6.79 Å². The Morgan fingerprint density at radius 2 is 1.74 bits per heavy atom. The molecule has 0 saturated carbocycles. The predicted molar refractivity (Wildman–Crippen MR) is 120 cm³/mol. The summed E-state index contributed by atoms with van der Waals surface area (Å²) in [6, 6.07) is 6.32. The Labute approximate surface area is 185 Å². The van der Waals surface area contributed by atoms with E-state index < -0.39 is 0 Å². The monoisotopic (exact) mass is 432 g/mol. The first kappa shape index (κ1) is 22.2. The topological polar surface area (TPSA) is 76.6 Å². The standard InChI is InChI=1S/C23H36N4O4/c1-22(2,27-8-12-29-13-9-27)15-25-21(24-3)26-16-23(6-10-28-11-7-23)18-4-5-19-20(14-18)31-17-30-19/h4-5,14H,6-13,15-17H2,1-3H3,(H2,24,25,26). The van der Waals surface area contributed by atoms with Gasteiger partial charge in [0.25, 0.3) is 0 Å². The number of guanidine groups is 1. The van der Waals surface area contributed by atoms with Gasteiger partial charge in [-0.15, -0.1) is 0 Å². The highest BCUT2D eigenvalue weighted by molar-refractivity contribution is 5.79. The number of benzene rings is 1. The number of morpholine rings is 1. The molecule has 2 fully saturated rings. The second kappa shape index (κ2) is 9.63. The van der Waals surface area contributed by atoms with Crippen molar-refractivity contribution in [2.45, 2.75) is 37.6 Å². The third-order valence-electron chi connectivity index (χ3n) is 6.81. The Bertz CT molecular complexity index is 771. The second-order valence-corrected chi connectivity index (χ2v) is 9.15. The SMILES string of the molecule is CN=C(NCC1(c2ccc3c(c2)OCO3)CCOCC1)NCC(C)(C)N1CCOCC1. The first-order valence-corrected chi connectivity index (χ1v) is 11.3. The number of nitrogens with one attached hydrogen (secondary N) is 2. The Morgan fingerprint density at radius 3 is 2.48 bits per heavy atom. The van der Waals surface area contributed by atoms with Gasteiger partial charge in [0.15, 0.2) is 17.5 Å². The molecule has 0 atom stereocenters. The van der Waals surface area contributed by atoms with Crippen molar-refractivity contribution in [3.05, 3.63) is 23.8 Å². The van der Waals surface area contributed by atoms with Crippen molar-refractivity contribution in [2.24, 2.45) is 4.99 Å². The van der Waals surface area contributed by atoms with Crippen LogP contribution in [0.3, 0.4) is 0 Å². The van der Waals surface area contributed by atoms with Gasteiger partial charge in [-0.2, -0.15) is 0 Å². The minimum atomic E-state index is -0.0312. The average molecular weight is 433 g/mol. The van der Waals surface area contributed by atoms with Crippen LogP contribution in [-0.2, 0) is 14.9 Å². The molecule has 0 radical (unpaired) electrons. The Morgan fingerprint density at radius 1 is 1.03 bits per heavy atom. The van der Waals surface area contributed by atoms with Crippen LogP contribution in [0.15, 0.2) is 23.2 Å². The van der Waals surface area contributed by atoms with Crippen LogP contribution in [-0.4, -0.2) is 82.8 Å². The number of ether oxygens (including phenoxy) is 4. The van der Waals surface area contributed by atoms with Crippen molar-refractivity contribution in [1.29, 1.82) is 0 Å². The van der Waals surface area contributed by atoms with E-state index in [4.69, 9.17) is 18.9 Å². The van der Waals surface area contributed by atoms with Crippen LogP contribution in [0, 0.1) is 0 Å². The number of hydrogen-bond acceptors (Lipinski definition) is 6. The fraction of sp³-hybridized carbons (Fsp3) is 0.696. The van der Waals surface area contributed by atoms with E-state index in [2.05, 4.69) is 46.5 Å². The molecule has 172 valence electrons. The molecular formula is C23H36N4O4. The number of hydrogen-bond donors (Lipinski definition) is 2. The normalized spacial score (nSPS) is 21.7. The number of aliphatic imine (C=N–C) groups is 1. The second-order valence-electron chi connectivity index (χ2n) is 9.15. The maximum atomic E-state index is 5.69. The maximum absolute atomic E-state index is 5.69. The zero-order valence-electron chi connectivity index (χ0n) is 19.0. The fourth-order valence-electron chi connectivity index (χ4n) is 4.61. The van der Waals surface area contributed by atoms with Crippen LogP contribution >= 0.6 is 0 Å². The fourth-order valence-corrected chi connectivity index (χ4v) is 4.61. The third kappa shape index (κ3) is 5.07. The summed E-state index contributed by atoms with van der Waals surface area (Å²) < 4.78 is 22.3. The van der Waals surface area contributed by atoms with Crippen molar-refractivity contribution in [3.63, 3.8) is 0 Å². The quantitative estimate of drug-likeness (QED) is 0.524. The zero-order chi connectivity index (χ0) is 21.7. The third-order valence-corrected chi connectivity index (χ3v) is 6.81. The highest BCUT2D eigenvalue weighted by atomic mass is 16.7. The summed E-state index contributed by atoms with van der Waals surface area (Å²) >= 11 is 0. The van der Waals surface area contributed by atoms with Crippen molar-refractivity contribution in [1.82, 2.24) is 15.5 Å². The molecular weight excluding hydrogens is 396 g/mol. The molecule has 3 heterocycles.